The summed E-state index contributed by atoms with van der Waals surface area (Å²) in [6.07, 6.45) is 2.40. The van der Waals surface area contributed by atoms with Crippen LogP contribution in [0.25, 0.3) is 0 Å². The Bertz CT molecular complexity index is 1460. The average Bonchev–Trinajstić information content (AvgIpc) is 2.88. The monoisotopic (exact) mass is 649 g/mol. The minimum atomic E-state index is -0.463. The molecule has 1 aliphatic heterocycles. The molecule has 1 heterocycles. The SMILES string of the molecule is COCCN1C2=C(C(=O)CC(C)(C)C2)C(c2cc(Br)c(OCc3cc(C)cc(C)c3)c(OC)c2)C2=C1CC(C)(C)CC2=O. The number of ether oxygens (including phenoxy) is 3. The van der Waals surface area contributed by atoms with Gasteiger partial charge in [-0.2, -0.15) is 0 Å². The standard InChI is InChI=1S/C36H44BrNO5/c1-21-11-22(2)13-23(12-21)20-43-34-25(37)14-24(15-30(34)42-8)31-32-26(16-35(3,4)18-28(32)39)38(9-10-41-7)27-17-36(5,6)19-29(40)33(27)31/h11-15,31H,9-10,16-20H2,1-8H3. The van der Waals surface area contributed by atoms with Gasteiger partial charge in [-0.05, 0) is 76.7 Å². The van der Waals surface area contributed by atoms with Crippen molar-refractivity contribution in [3.8, 4) is 11.5 Å². The van der Waals surface area contributed by atoms with Crippen LogP contribution in [0.3, 0.4) is 0 Å². The van der Waals surface area contributed by atoms with Gasteiger partial charge < -0.3 is 19.1 Å². The van der Waals surface area contributed by atoms with E-state index in [2.05, 4.69) is 80.6 Å². The molecule has 0 N–H and O–H groups in total. The lowest BCUT2D eigenvalue weighted by atomic mass is 9.63. The van der Waals surface area contributed by atoms with E-state index in [-0.39, 0.29) is 22.4 Å². The highest BCUT2D eigenvalue weighted by atomic mass is 79.9. The quantitative estimate of drug-likeness (QED) is 0.289. The third-order valence-electron chi connectivity index (χ3n) is 8.79. The van der Waals surface area contributed by atoms with Crippen LogP contribution in [0.5, 0.6) is 11.5 Å². The molecule has 0 amide bonds. The lowest BCUT2D eigenvalue weighted by Gasteiger charge is -2.49. The van der Waals surface area contributed by atoms with Crippen molar-refractivity contribution in [3.05, 3.63) is 79.6 Å². The summed E-state index contributed by atoms with van der Waals surface area (Å²) in [7, 11) is 3.32. The molecule has 43 heavy (non-hydrogen) atoms. The summed E-state index contributed by atoms with van der Waals surface area (Å²) in [4.78, 5) is 30.4. The van der Waals surface area contributed by atoms with Crippen molar-refractivity contribution in [2.75, 3.05) is 27.4 Å². The van der Waals surface area contributed by atoms with E-state index in [4.69, 9.17) is 14.2 Å². The molecular weight excluding hydrogens is 606 g/mol. The average molecular weight is 651 g/mol. The minimum absolute atomic E-state index is 0.105. The first kappa shape index (κ1) is 31.5. The summed E-state index contributed by atoms with van der Waals surface area (Å²) in [5, 5.41) is 0. The predicted molar refractivity (Wildman–Crippen MR) is 172 cm³/mol. The molecular formula is C36H44BrNO5. The zero-order valence-electron chi connectivity index (χ0n) is 26.8. The Hall–Kier alpha value is -2.90. The van der Waals surface area contributed by atoms with Crippen LogP contribution in [0.2, 0.25) is 0 Å². The van der Waals surface area contributed by atoms with Gasteiger partial charge in [0.15, 0.2) is 23.1 Å². The van der Waals surface area contributed by atoms with E-state index in [9.17, 15) is 9.59 Å². The molecule has 6 nitrogen and oxygen atoms in total. The van der Waals surface area contributed by atoms with Crippen LogP contribution in [0, 0.1) is 24.7 Å². The molecule has 5 rings (SSSR count). The number of rotatable bonds is 8. The van der Waals surface area contributed by atoms with E-state index in [0.717, 1.165) is 51.0 Å². The van der Waals surface area contributed by atoms with E-state index in [0.29, 0.717) is 44.1 Å². The molecule has 3 aliphatic rings. The van der Waals surface area contributed by atoms with Gasteiger partial charge in [0, 0.05) is 55.0 Å². The van der Waals surface area contributed by atoms with Crippen molar-refractivity contribution >= 4 is 27.5 Å². The molecule has 0 aromatic heterocycles. The maximum atomic E-state index is 14.1. The fourth-order valence-electron chi connectivity index (χ4n) is 7.19. The Balaban J connectivity index is 1.64. The fourth-order valence-corrected chi connectivity index (χ4v) is 7.76. The van der Waals surface area contributed by atoms with Crippen LogP contribution in [-0.4, -0.2) is 43.8 Å². The zero-order valence-corrected chi connectivity index (χ0v) is 28.4. The van der Waals surface area contributed by atoms with E-state index in [1.165, 1.54) is 11.1 Å². The molecule has 7 heteroatoms. The molecule has 2 aromatic carbocycles. The van der Waals surface area contributed by atoms with Crippen molar-refractivity contribution in [2.45, 2.75) is 79.8 Å². The van der Waals surface area contributed by atoms with Crippen molar-refractivity contribution in [1.82, 2.24) is 4.90 Å². The molecule has 0 saturated carbocycles. The third kappa shape index (κ3) is 6.34. The molecule has 230 valence electrons. The van der Waals surface area contributed by atoms with Gasteiger partial charge in [-0.25, -0.2) is 0 Å². The first-order valence-electron chi connectivity index (χ1n) is 15.1. The van der Waals surface area contributed by atoms with Crippen LogP contribution < -0.4 is 9.47 Å². The van der Waals surface area contributed by atoms with Gasteiger partial charge in [0.05, 0.1) is 18.2 Å². The van der Waals surface area contributed by atoms with E-state index < -0.39 is 5.92 Å². The second-order valence-electron chi connectivity index (χ2n) is 14.0. The summed E-state index contributed by atoms with van der Waals surface area (Å²) in [6.45, 7) is 14.3. The fraction of sp³-hybridized carbons (Fsp3) is 0.500. The highest BCUT2D eigenvalue weighted by Crippen LogP contribution is 2.55. The number of nitrogens with zero attached hydrogens (tertiary/aromatic N) is 1. The number of hydrogen-bond acceptors (Lipinski definition) is 6. The number of aryl methyl sites for hydroxylation is 2. The summed E-state index contributed by atoms with van der Waals surface area (Å²) < 4.78 is 18.4. The van der Waals surface area contributed by atoms with Crippen LogP contribution in [-0.2, 0) is 20.9 Å². The summed E-state index contributed by atoms with van der Waals surface area (Å²) in [6, 6.07) is 10.3. The maximum absolute atomic E-state index is 14.1. The molecule has 0 bridgehead atoms. The third-order valence-corrected chi connectivity index (χ3v) is 9.38. The summed E-state index contributed by atoms with van der Waals surface area (Å²) in [5.74, 6) is 0.904. The summed E-state index contributed by atoms with van der Waals surface area (Å²) in [5.41, 5.74) is 7.47. The Morgan fingerprint density at radius 1 is 0.837 bits per heavy atom. The maximum Gasteiger partial charge on any atom is 0.175 e. The van der Waals surface area contributed by atoms with Crippen LogP contribution in [0.15, 0.2) is 57.3 Å². The number of benzene rings is 2. The van der Waals surface area contributed by atoms with Crippen LogP contribution in [0.1, 0.15) is 81.5 Å². The predicted octanol–water partition coefficient (Wildman–Crippen LogP) is 7.99. The molecule has 0 spiro atoms. The number of methoxy groups -OCH3 is 2. The molecule has 2 aliphatic carbocycles. The zero-order chi connectivity index (χ0) is 31.3. The van der Waals surface area contributed by atoms with Crippen LogP contribution in [0.4, 0.5) is 0 Å². The molecule has 0 fully saturated rings. The number of carbonyl (C=O) groups excluding carboxylic acids is 2. The lowest BCUT2D eigenvalue weighted by molar-refractivity contribution is -0.119. The Labute approximate surface area is 264 Å². The van der Waals surface area contributed by atoms with Crippen molar-refractivity contribution in [2.24, 2.45) is 10.8 Å². The number of allylic oxidation sites excluding steroid dienone is 4. The van der Waals surface area contributed by atoms with Gasteiger partial charge >= 0.3 is 0 Å². The van der Waals surface area contributed by atoms with Gasteiger partial charge in [-0.15, -0.1) is 0 Å². The van der Waals surface area contributed by atoms with Gasteiger partial charge in [0.2, 0.25) is 0 Å². The van der Waals surface area contributed by atoms with Crippen molar-refractivity contribution < 1.29 is 23.8 Å². The Morgan fingerprint density at radius 3 is 1.91 bits per heavy atom. The largest absolute Gasteiger partial charge is 0.493 e. The normalized spacial score (nSPS) is 19.9. The van der Waals surface area contributed by atoms with E-state index in [1.807, 2.05) is 12.1 Å². The number of ketones is 2. The van der Waals surface area contributed by atoms with Gasteiger partial charge in [-0.3, -0.25) is 9.59 Å². The molecule has 0 radical (unpaired) electrons. The first-order valence-corrected chi connectivity index (χ1v) is 15.9. The Morgan fingerprint density at radius 2 is 1.40 bits per heavy atom. The van der Waals surface area contributed by atoms with Crippen molar-refractivity contribution in [1.29, 1.82) is 0 Å². The second kappa shape index (κ2) is 11.9. The highest BCUT2D eigenvalue weighted by molar-refractivity contribution is 9.10. The summed E-state index contributed by atoms with van der Waals surface area (Å²) >= 11 is 3.76. The number of halogens is 1. The van der Waals surface area contributed by atoms with Crippen molar-refractivity contribution in [3.63, 3.8) is 0 Å². The molecule has 0 atom stereocenters. The highest BCUT2D eigenvalue weighted by Gasteiger charge is 2.49. The number of Topliss-reactive ketones (excluding diaryl/α,β-unsaturated/α-hetero) is 2. The van der Waals surface area contributed by atoms with Crippen LogP contribution >= 0.6 is 15.9 Å². The molecule has 0 saturated heterocycles. The smallest absolute Gasteiger partial charge is 0.175 e. The van der Waals surface area contributed by atoms with Gasteiger partial charge in [-0.1, -0.05) is 57.0 Å². The number of carbonyl (C=O) groups is 2. The lowest BCUT2D eigenvalue weighted by Crippen LogP contribution is -2.45. The van der Waals surface area contributed by atoms with Gasteiger partial charge in [0.25, 0.3) is 0 Å². The molecule has 2 aromatic rings. The topological polar surface area (TPSA) is 65.1 Å². The molecule has 0 unspecified atom stereocenters. The first-order chi connectivity index (χ1) is 20.2. The van der Waals surface area contributed by atoms with E-state index >= 15 is 0 Å². The van der Waals surface area contributed by atoms with Gasteiger partial charge in [0.1, 0.15) is 6.61 Å². The Kier molecular flexibility index (Phi) is 8.71. The second-order valence-corrected chi connectivity index (χ2v) is 14.9. The van der Waals surface area contributed by atoms with E-state index in [1.54, 1.807) is 14.2 Å². The number of hydrogen-bond donors (Lipinski definition) is 0. The minimum Gasteiger partial charge on any atom is -0.493 e.